The first-order chi connectivity index (χ1) is 8.21. The maximum Gasteiger partial charge on any atom is 0.248 e. The van der Waals surface area contributed by atoms with Gasteiger partial charge in [0.25, 0.3) is 0 Å². The van der Waals surface area contributed by atoms with Gasteiger partial charge in [-0.2, -0.15) is 0 Å². The van der Waals surface area contributed by atoms with Gasteiger partial charge in [0.05, 0.1) is 0 Å². The Morgan fingerprint density at radius 2 is 2.06 bits per heavy atom. The van der Waals surface area contributed by atoms with Gasteiger partial charge in [0.2, 0.25) is 5.91 Å². The van der Waals surface area contributed by atoms with Gasteiger partial charge in [-0.25, -0.2) is 0 Å². The van der Waals surface area contributed by atoms with E-state index < -0.39 is 0 Å². The second kappa shape index (κ2) is 3.86. The molecule has 2 nitrogen and oxygen atoms in total. The fourth-order valence-electron chi connectivity index (χ4n) is 3.98. The highest BCUT2D eigenvalue weighted by atomic mass is 16.1. The van der Waals surface area contributed by atoms with Crippen LogP contribution in [0.25, 0.3) is 0 Å². The van der Waals surface area contributed by atoms with Gasteiger partial charge < -0.3 is 5.73 Å². The molecule has 0 spiro atoms. The van der Waals surface area contributed by atoms with Crippen LogP contribution in [0.2, 0.25) is 0 Å². The van der Waals surface area contributed by atoms with E-state index in [1.54, 1.807) is 0 Å². The Hall–Kier alpha value is -1.31. The minimum atomic E-state index is -0.274. The van der Waals surface area contributed by atoms with Crippen molar-refractivity contribution in [2.45, 2.75) is 43.9 Å². The van der Waals surface area contributed by atoms with E-state index in [9.17, 15) is 4.79 Å². The summed E-state index contributed by atoms with van der Waals surface area (Å²) >= 11 is 0. The lowest BCUT2D eigenvalue weighted by molar-refractivity contribution is 0.0997. The molecule has 2 unspecified atom stereocenters. The van der Waals surface area contributed by atoms with Crippen LogP contribution in [0.15, 0.2) is 24.3 Å². The summed E-state index contributed by atoms with van der Waals surface area (Å²) in [5.41, 5.74) is 7.73. The van der Waals surface area contributed by atoms with Crippen molar-refractivity contribution >= 4 is 5.91 Å². The van der Waals surface area contributed by atoms with Gasteiger partial charge in [-0.05, 0) is 48.6 Å². The Morgan fingerprint density at radius 3 is 2.88 bits per heavy atom. The molecule has 2 fully saturated rings. The van der Waals surface area contributed by atoms with Crippen molar-refractivity contribution < 1.29 is 4.79 Å². The van der Waals surface area contributed by atoms with Crippen LogP contribution in [0.4, 0.5) is 0 Å². The van der Waals surface area contributed by atoms with Gasteiger partial charge in [0.1, 0.15) is 0 Å². The van der Waals surface area contributed by atoms with Crippen molar-refractivity contribution in [3.8, 4) is 0 Å². The second-order valence-electron chi connectivity index (χ2n) is 5.69. The van der Waals surface area contributed by atoms with Gasteiger partial charge in [0, 0.05) is 5.56 Å². The average Bonchev–Trinajstić information content (AvgIpc) is 2.66. The van der Waals surface area contributed by atoms with Crippen LogP contribution >= 0.6 is 0 Å². The van der Waals surface area contributed by atoms with E-state index in [1.807, 2.05) is 18.2 Å². The lowest BCUT2D eigenvalue weighted by Crippen LogP contribution is -2.29. The smallest absolute Gasteiger partial charge is 0.248 e. The third-order valence-electron chi connectivity index (χ3n) is 4.74. The van der Waals surface area contributed by atoms with Crippen molar-refractivity contribution in [3.05, 3.63) is 35.4 Å². The summed E-state index contributed by atoms with van der Waals surface area (Å²) in [7, 11) is 0. The Bertz CT molecular complexity index is 450. The average molecular weight is 229 g/mol. The minimum absolute atomic E-state index is 0.258. The molecule has 2 bridgehead atoms. The number of carbonyl (C=O) groups is 1. The summed E-state index contributed by atoms with van der Waals surface area (Å²) in [5, 5.41) is 0. The van der Waals surface area contributed by atoms with Crippen molar-refractivity contribution in [2.24, 2.45) is 11.7 Å². The Balaban J connectivity index is 2.06. The minimum Gasteiger partial charge on any atom is -0.366 e. The first-order valence-corrected chi connectivity index (χ1v) is 6.61. The van der Waals surface area contributed by atoms with Gasteiger partial charge >= 0.3 is 0 Å². The molecule has 1 aromatic carbocycles. The van der Waals surface area contributed by atoms with Crippen LogP contribution < -0.4 is 5.73 Å². The standard InChI is InChI=1S/C15H19NO/c16-14(17)12-5-1-2-6-13(12)15-8-3-4-11(10-15)7-9-15/h1-2,5-6,11H,3-4,7-10H2,(H2,16,17). The molecule has 2 N–H and O–H groups in total. The van der Waals surface area contributed by atoms with Crippen LogP contribution in [0.5, 0.6) is 0 Å². The van der Waals surface area contributed by atoms with E-state index in [4.69, 9.17) is 5.73 Å². The molecular weight excluding hydrogens is 210 g/mol. The maximum atomic E-state index is 11.6. The number of fused-ring (bicyclic) bond motifs is 2. The molecule has 2 heteroatoms. The number of amides is 1. The molecule has 0 aliphatic heterocycles. The SMILES string of the molecule is NC(=O)c1ccccc1C12CCCC(CC1)C2. The topological polar surface area (TPSA) is 43.1 Å². The lowest BCUT2D eigenvalue weighted by atomic mass is 9.69. The summed E-state index contributed by atoms with van der Waals surface area (Å²) in [6, 6.07) is 7.95. The van der Waals surface area contributed by atoms with Gasteiger partial charge in [0.15, 0.2) is 0 Å². The Labute approximate surface area is 102 Å². The molecule has 90 valence electrons. The van der Waals surface area contributed by atoms with Crippen LogP contribution in [0.1, 0.15) is 54.4 Å². The van der Waals surface area contributed by atoms with Crippen LogP contribution in [0, 0.1) is 5.92 Å². The van der Waals surface area contributed by atoms with E-state index in [-0.39, 0.29) is 11.3 Å². The molecule has 17 heavy (non-hydrogen) atoms. The molecule has 0 radical (unpaired) electrons. The van der Waals surface area contributed by atoms with E-state index in [0.29, 0.717) is 0 Å². The number of hydrogen-bond acceptors (Lipinski definition) is 1. The molecule has 2 saturated carbocycles. The van der Waals surface area contributed by atoms with Crippen molar-refractivity contribution in [1.82, 2.24) is 0 Å². The molecule has 1 aromatic rings. The van der Waals surface area contributed by atoms with Gasteiger partial charge in [-0.1, -0.05) is 31.0 Å². The zero-order valence-electron chi connectivity index (χ0n) is 10.1. The third kappa shape index (κ3) is 1.67. The third-order valence-corrected chi connectivity index (χ3v) is 4.74. The second-order valence-corrected chi connectivity index (χ2v) is 5.69. The monoisotopic (exact) mass is 229 g/mol. The normalized spacial score (nSPS) is 31.4. The largest absolute Gasteiger partial charge is 0.366 e. The molecule has 2 atom stereocenters. The first kappa shape index (κ1) is 10.8. The Kier molecular flexibility index (Phi) is 2.46. The first-order valence-electron chi connectivity index (χ1n) is 6.61. The molecule has 0 heterocycles. The predicted octanol–water partition coefficient (Wildman–Crippen LogP) is 3.01. The lowest BCUT2D eigenvalue weighted by Gasteiger charge is -2.35. The molecule has 0 saturated heterocycles. The van der Waals surface area contributed by atoms with Crippen molar-refractivity contribution in [2.75, 3.05) is 0 Å². The fourth-order valence-corrected chi connectivity index (χ4v) is 3.98. The van der Waals surface area contributed by atoms with Gasteiger partial charge in [-0.15, -0.1) is 0 Å². The van der Waals surface area contributed by atoms with E-state index >= 15 is 0 Å². The zero-order chi connectivity index (χ0) is 11.9. The number of hydrogen-bond donors (Lipinski definition) is 1. The molecule has 1 amide bonds. The number of benzene rings is 1. The van der Waals surface area contributed by atoms with Crippen LogP contribution in [-0.4, -0.2) is 5.91 Å². The summed E-state index contributed by atoms with van der Waals surface area (Å²) in [6.45, 7) is 0. The number of nitrogens with two attached hydrogens (primary N) is 1. The van der Waals surface area contributed by atoms with E-state index in [1.165, 1.54) is 44.1 Å². The summed E-state index contributed by atoms with van der Waals surface area (Å²) in [4.78, 5) is 11.6. The highest BCUT2D eigenvalue weighted by Crippen LogP contribution is 2.53. The van der Waals surface area contributed by atoms with E-state index in [0.717, 1.165) is 11.5 Å². The molecular formula is C15H19NO. The maximum absolute atomic E-state index is 11.6. The van der Waals surface area contributed by atoms with Crippen molar-refractivity contribution in [1.29, 1.82) is 0 Å². The number of carbonyl (C=O) groups excluding carboxylic acids is 1. The van der Waals surface area contributed by atoms with Crippen LogP contribution in [0.3, 0.4) is 0 Å². The molecule has 2 aliphatic rings. The Morgan fingerprint density at radius 1 is 1.24 bits per heavy atom. The fraction of sp³-hybridized carbons (Fsp3) is 0.533. The summed E-state index contributed by atoms with van der Waals surface area (Å²) < 4.78 is 0. The summed E-state index contributed by atoms with van der Waals surface area (Å²) in [6.07, 6.45) is 7.73. The quantitative estimate of drug-likeness (QED) is 0.832. The number of primary amides is 1. The van der Waals surface area contributed by atoms with E-state index in [2.05, 4.69) is 6.07 Å². The highest BCUT2D eigenvalue weighted by molar-refractivity contribution is 5.94. The van der Waals surface area contributed by atoms with Crippen LogP contribution in [-0.2, 0) is 5.41 Å². The molecule has 3 rings (SSSR count). The van der Waals surface area contributed by atoms with Gasteiger partial charge in [-0.3, -0.25) is 4.79 Å². The molecule has 2 aliphatic carbocycles. The highest BCUT2D eigenvalue weighted by Gasteiger charge is 2.44. The predicted molar refractivity (Wildman–Crippen MR) is 67.8 cm³/mol. The molecule has 0 aromatic heterocycles. The zero-order valence-corrected chi connectivity index (χ0v) is 10.1. The van der Waals surface area contributed by atoms with Crippen molar-refractivity contribution in [3.63, 3.8) is 0 Å². The summed E-state index contributed by atoms with van der Waals surface area (Å²) in [5.74, 6) is 0.605. The number of rotatable bonds is 2.